The summed E-state index contributed by atoms with van der Waals surface area (Å²) < 4.78 is 64.0. The Hall–Kier alpha value is -2.01. The van der Waals surface area contributed by atoms with E-state index in [1.165, 1.54) is 10.9 Å². The van der Waals surface area contributed by atoms with Crippen LogP contribution in [0.4, 0.5) is 13.2 Å². The zero-order valence-corrected chi connectivity index (χ0v) is 13.9. The summed E-state index contributed by atoms with van der Waals surface area (Å²) in [5.74, 6) is 0.189. The quantitative estimate of drug-likeness (QED) is 0.795. The molecule has 2 heterocycles. The number of halogens is 3. The van der Waals surface area contributed by atoms with E-state index in [1.807, 2.05) is 0 Å². The number of hydrogen-bond acceptors (Lipinski definition) is 6. The molecular weight excluding hydrogens is 361 g/mol. The van der Waals surface area contributed by atoms with E-state index in [-0.39, 0.29) is 18.0 Å². The van der Waals surface area contributed by atoms with Gasteiger partial charge in [-0.15, -0.1) is 0 Å². The second-order valence-corrected chi connectivity index (χ2v) is 7.95. The molecule has 1 saturated carbocycles. The SMILES string of the molecule is CS(=O)(=O)c1ncc(C(F)(F)F)c(-c2cnn(CC(O)C3CC3)c2)n1. The standard InChI is InChI=1S/C14H15F3N4O3S/c1-25(23,24)13-18-5-10(14(15,16)17)12(20-13)9-4-19-21(6-9)7-11(22)8-2-3-8/h4-6,8,11,22H,2-3,7H2,1H3. The minimum Gasteiger partial charge on any atom is -0.391 e. The van der Waals surface area contributed by atoms with E-state index in [9.17, 15) is 26.7 Å². The summed E-state index contributed by atoms with van der Waals surface area (Å²) in [6.45, 7) is 0.149. The monoisotopic (exact) mass is 376 g/mol. The van der Waals surface area contributed by atoms with E-state index < -0.39 is 38.5 Å². The van der Waals surface area contributed by atoms with Crippen molar-refractivity contribution in [1.29, 1.82) is 0 Å². The molecule has 0 spiro atoms. The molecule has 2 aromatic heterocycles. The van der Waals surface area contributed by atoms with Crippen molar-refractivity contribution in [2.45, 2.75) is 36.8 Å². The first kappa shape index (κ1) is 17.8. The average Bonchev–Trinajstić information content (AvgIpc) is 3.25. The third-order valence-electron chi connectivity index (χ3n) is 3.85. The van der Waals surface area contributed by atoms with Crippen LogP contribution in [0.5, 0.6) is 0 Å². The number of sulfone groups is 1. The maximum atomic E-state index is 13.2. The second kappa shape index (κ2) is 6.06. The molecule has 11 heteroatoms. The minimum absolute atomic E-state index is 0.00243. The molecule has 1 fully saturated rings. The molecule has 1 unspecified atom stereocenters. The summed E-state index contributed by atoms with van der Waals surface area (Å²) >= 11 is 0. The minimum atomic E-state index is -4.75. The Morgan fingerprint density at radius 1 is 1.36 bits per heavy atom. The van der Waals surface area contributed by atoms with Crippen LogP contribution < -0.4 is 0 Å². The first-order valence-electron chi connectivity index (χ1n) is 7.41. The Labute approximate surface area is 141 Å². The molecule has 1 aliphatic rings. The van der Waals surface area contributed by atoms with Gasteiger partial charge in [-0.25, -0.2) is 18.4 Å². The van der Waals surface area contributed by atoms with Gasteiger partial charge in [0.2, 0.25) is 15.0 Å². The van der Waals surface area contributed by atoms with Crippen LogP contribution >= 0.6 is 0 Å². The van der Waals surface area contributed by atoms with Gasteiger partial charge in [0.05, 0.1) is 24.5 Å². The lowest BCUT2D eigenvalue weighted by molar-refractivity contribution is -0.137. The molecule has 0 aliphatic heterocycles. The molecule has 1 N–H and O–H groups in total. The summed E-state index contributed by atoms with van der Waals surface area (Å²) in [5.41, 5.74) is -1.71. The number of aliphatic hydroxyl groups excluding tert-OH is 1. The van der Waals surface area contributed by atoms with Gasteiger partial charge in [-0.3, -0.25) is 4.68 Å². The zero-order valence-electron chi connectivity index (χ0n) is 13.1. The van der Waals surface area contributed by atoms with Gasteiger partial charge in [0.1, 0.15) is 5.56 Å². The topological polar surface area (TPSA) is 98.0 Å². The lowest BCUT2D eigenvalue weighted by atomic mass is 10.1. The first-order valence-corrected chi connectivity index (χ1v) is 9.30. The van der Waals surface area contributed by atoms with E-state index >= 15 is 0 Å². The molecule has 0 bridgehead atoms. The predicted octanol–water partition coefficient (Wildman–Crippen LogP) is 1.53. The molecule has 7 nitrogen and oxygen atoms in total. The average molecular weight is 376 g/mol. The third kappa shape index (κ3) is 3.98. The summed E-state index contributed by atoms with van der Waals surface area (Å²) in [7, 11) is -3.87. The highest BCUT2D eigenvalue weighted by atomic mass is 32.2. The molecule has 0 saturated heterocycles. The van der Waals surface area contributed by atoms with Crippen LogP contribution in [0, 0.1) is 5.92 Å². The van der Waals surface area contributed by atoms with Crippen molar-refractivity contribution in [2.24, 2.45) is 5.92 Å². The maximum absolute atomic E-state index is 13.2. The van der Waals surface area contributed by atoms with Crippen molar-refractivity contribution in [3.05, 3.63) is 24.2 Å². The fourth-order valence-corrected chi connectivity index (χ4v) is 2.88. The Morgan fingerprint density at radius 2 is 2.04 bits per heavy atom. The number of rotatable bonds is 5. The number of alkyl halides is 3. The van der Waals surface area contributed by atoms with Gasteiger partial charge in [-0.05, 0) is 18.8 Å². The van der Waals surface area contributed by atoms with E-state index in [2.05, 4.69) is 15.1 Å². The molecule has 2 aromatic rings. The number of aliphatic hydroxyl groups is 1. The summed E-state index contributed by atoms with van der Waals surface area (Å²) in [6.07, 6.45) is 0.185. The second-order valence-electron chi connectivity index (χ2n) is 6.04. The predicted molar refractivity (Wildman–Crippen MR) is 80.1 cm³/mol. The van der Waals surface area contributed by atoms with Crippen molar-refractivity contribution in [3.63, 3.8) is 0 Å². The van der Waals surface area contributed by atoms with Crippen LogP contribution in [0.1, 0.15) is 18.4 Å². The summed E-state index contributed by atoms with van der Waals surface area (Å²) in [6, 6.07) is 0. The van der Waals surface area contributed by atoms with Gasteiger partial charge in [-0.2, -0.15) is 18.3 Å². The Balaban J connectivity index is 2.00. The Morgan fingerprint density at radius 3 is 2.60 bits per heavy atom. The number of hydrogen-bond donors (Lipinski definition) is 1. The Bertz CT molecular complexity index is 891. The van der Waals surface area contributed by atoms with Crippen LogP contribution in [0.2, 0.25) is 0 Å². The highest BCUT2D eigenvalue weighted by Gasteiger charge is 2.36. The maximum Gasteiger partial charge on any atom is 0.419 e. The highest BCUT2D eigenvalue weighted by Crippen LogP contribution is 2.36. The fourth-order valence-electron chi connectivity index (χ4n) is 2.38. The van der Waals surface area contributed by atoms with Crippen LogP contribution in [0.15, 0.2) is 23.7 Å². The smallest absolute Gasteiger partial charge is 0.391 e. The fraction of sp³-hybridized carbons (Fsp3) is 0.500. The van der Waals surface area contributed by atoms with Crippen LogP contribution in [0.25, 0.3) is 11.3 Å². The molecular formula is C14H15F3N4O3S. The van der Waals surface area contributed by atoms with Crippen molar-refractivity contribution in [3.8, 4) is 11.3 Å². The molecule has 0 amide bonds. The van der Waals surface area contributed by atoms with E-state index in [1.54, 1.807) is 0 Å². The van der Waals surface area contributed by atoms with Gasteiger partial charge in [0.15, 0.2) is 0 Å². The highest BCUT2D eigenvalue weighted by molar-refractivity contribution is 7.90. The molecule has 1 aliphatic carbocycles. The van der Waals surface area contributed by atoms with E-state index in [4.69, 9.17) is 0 Å². The van der Waals surface area contributed by atoms with Gasteiger partial charge >= 0.3 is 6.18 Å². The zero-order chi connectivity index (χ0) is 18.4. The van der Waals surface area contributed by atoms with Gasteiger partial charge in [-0.1, -0.05) is 0 Å². The van der Waals surface area contributed by atoms with Gasteiger partial charge in [0.25, 0.3) is 0 Å². The summed E-state index contributed by atoms with van der Waals surface area (Å²) in [4.78, 5) is 6.89. The van der Waals surface area contributed by atoms with E-state index in [0.717, 1.165) is 25.3 Å². The first-order chi connectivity index (χ1) is 11.6. The van der Waals surface area contributed by atoms with Crippen LogP contribution in [0.3, 0.4) is 0 Å². The number of aromatic nitrogens is 4. The molecule has 1 atom stereocenters. The molecule has 136 valence electrons. The lowest BCUT2D eigenvalue weighted by Crippen LogP contribution is -2.18. The van der Waals surface area contributed by atoms with Crippen LogP contribution in [-0.4, -0.2) is 45.6 Å². The normalized spacial score (nSPS) is 16.8. The molecule has 25 heavy (non-hydrogen) atoms. The van der Waals surface area contributed by atoms with Gasteiger partial charge in [0, 0.05) is 24.2 Å². The number of nitrogens with zero attached hydrogens (tertiary/aromatic N) is 4. The van der Waals surface area contributed by atoms with Crippen molar-refractivity contribution in [2.75, 3.05) is 6.26 Å². The molecule has 0 radical (unpaired) electrons. The molecule has 3 rings (SSSR count). The molecule has 0 aromatic carbocycles. The summed E-state index contributed by atoms with van der Waals surface area (Å²) in [5, 5.41) is 13.2. The van der Waals surface area contributed by atoms with Crippen molar-refractivity contribution in [1.82, 2.24) is 19.7 Å². The lowest BCUT2D eigenvalue weighted by Gasteiger charge is -2.11. The van der Waals surface area contributed by atoms with Crippen molar-refractivity contribution >= 4 is 9.84 Å². The Kier molecular flexibility index (Phi) is 4.31. The third-order valence-corrected chi connectivity index (χ3v) is 4.71. The van der Waals surface area contributed by atoms with Crippen LogP contribution in [-0.2, 0) is 22.6 Å². The largest absolute Gasteiger partial charge is 0.419 e. The van der Waals surface area contributed by atoms with E-state index in [0.29, 0.717) is 6.20 Å². The van der Waals surface area contributed by atoms with Crippen molar-refractivity contribution < 1.29 is 26.7 Å². The van der Waals surface area contributed by atoms with Gasteiger partial charge < -0.3 is 5.11 Å².